The van der Waals surface area contributed by atoms with Crippen molar-refractivity contribution in [1.29, 1.82) is 0 Å². The third-order valence-electron chi connectivity index (χ3n) is 2.94. The molecule has 1 unspecified atom stereocenters. The van der Waals surface area contributed by atoms with Crippen LogP contribution in [0.2, 0.25) is 0 Å². The number of morpholine rings is 1. The highest BCUT2D eigenvalue weighted by molar-refractivity contribution is 7.98. The van der Waals surface area contributed by atoms with E-state index in [4.69, 9.17) is 4.74 Å². The molecule has 0 aliphatic carbocycles. The van der Waals surface area contributed by atoms with E-state index >= 15 is 0 Å². The highest BCUT2D eigenvalue weighted by Gasteiger charge is 2.33. The molecule has 19 heavy (non-hydrogen) atoms. The maximum atomic E-state index is 12.8. The molecule has 1 atom stereocenters. The van der Waals surface area contributed by atoms with Gasteiger partial charge in [-0.1, -0.05) is 0 Å². The third kappa shape index (κ3) is 2.36. The summed E-state index contributed by atoms with van der Waals surface area (Å²) in [6.45, 7) is 2.53. The first-order valence-electron chi connectivity index (χ1n) is 5.82. The van der Waals surface area contributed by atoms with Crippen LogP contribution in [0.25, 0.3) is 0 Å². The van der Waals surface area contributed by atoms with E-state index in [-0.39, 0.29) is 17.2 Å². The number of aliphatic imine (C=N–C) groups is 2. The third-order valence-corrected chi connectivity index (χ3v) is 3.29. The Bertz CT molecular complexity index is 475. The molecule has 1 fully saturated rings. The van der Waals surface area contributed by atoms with Crippen molar-refractivity contribution < 1.29 is 13.4 Å². The molecule has 3 aliphatic heterocycles. The minimum atomic E-state index is -0.651. The van der Waals surface area contributed by atoms with E-state index in [0.29, 0.717) is 44.3 Å². The average Bonchev–Trinajstić information content (AvgIpc) is 2.90. The van der Waals surface area contributed by atoms with Gasteiger partial charge in [0.1, 0.15) is 17.2 Å². The van der Waals surface area contributed by atoms with Crippen LogP contribution in [0.15, 0.2) is 21.2 Å². The lowest BCUT2D eigenvalue weighted by molar-refractivity contribution is -0.109. The number of aldehydes is 1. The lowest BCUT2D eigenvalue weighted by atomic mass is 10.3. The monoisotopic (exact) mass is 285 g/mol. The Labute approximate surface area is 113 Å². The number of nitrogens with one attached hydrogen (secondary N) is 1. The Balaban J connectivity index is 1.91. The number of carbonyl (C=O) groups excluding carboxylic acids is 1. The Morgan fingerprint density at radius 2 is 2.26 bits per heavy atom. The molecule has 3 aliphatic rings. The molecule has 9 heteroatoms. The number of fused-ring (bicyclic) bond motifs is 1. The van der Waals surface area contributed by atoms with Crippen LogP contribution in [0.5, 0.6) is 0 Å². The zero-order valence-electron chi connectivity index (χ0n) is 9.95. The second kappa shape index (κ2) is 5.27. The van der Waals surface area contributed by atoms with Crippen LogP contribution in [-0.2, 0) is 9.53 Å². The van der Waals surface area contributed by atoms with E-state index in [2.05, 4.69) is 15.4 Å². The molecule has 0 amide bonds. The fraction of sp³-hybridized carbons (Fsp3) is 0.500. The van der Waals surface area contributed by atoms with Crippen molar-refractivity contribution in [3.05, 3.63) is 11.2 Å². The Morgan fingerprint density at radius 1 is 1.47 bits per heavy atom. The summed E-state index contributed by atoms with van der Waals surface area (Å²) in [5.41, 5.74) is 2.84. The van der Waals surface area contributed by atoms with E-state index in [0.717, 1.165) is 0 Å². The lowest BCUT2D eigenvalue weighted by Gasteiger charge is -2.32. The summed E-state index contributed by atoms with van der Waals surface area (Å²) in [4.78, 5) is 21.3. The lowest BCUT2D eigenvalue weighted by Crippen LogP contribution is -2.50. The van der Waals surface area contributed by atoms with E-state index < -0.39 is 6.17 Å². The van der Waals surface area contributed by atoms with Gasteiger partial charge in [0, 0.05) is 13.1 Å². The summed E-state index contributed by atoms with van der Waals surface area (Å²) in [7, 11) is 0. The van der Waals surface area contributed by atoms with Crippen molar-refractivity contribution in [1.82, 2.24) is 15.3 Å². The van der Waals surface area contributed by atoms with Crippen molar-refractivity contribution in [2.45, 2.75) is 6.17 Å². The quantitative estimate of drug-likeness (QED) is 0.714. The number of carbonyl (C=O) groups is 1. The number of rotatable bonds is 2. The number of hydrazine groups is 1. The van der Waals surface area contributed by atoms with Gasteiger partial charge < -0.3 is 9.64 Å². The fourth-order valence-electron chi connectivity index (χ4n) is 2.07. The molecule has 7 nitrogen and oxygen atoms in total. The molecule has 1 saturated heterocycles. The van der Waals surface area contributed by atoms with Crippen LogP contribution in [0.4, 0.5) is 3.89 Å². The van der Waals surface area contributed by atoms with Gasteiger partial charge in [-0.15, -0.1) is 0 Å². The zero-order valence-corrected chi connectivity index (χ0v) is 10.8. The topological polar surface area (TPSA) is 69.5 Å². The van der Waals surface area contributed by atoms with Gasteiger partial charge in [-0.2, -0.15) is 9.31 Å². The van der Waals surface area contributed by atoms with Gasteiger partial charge in [0.15, 0.2) is 24.1 Å². The van der Waals surface area contributed by atoms with Crippen LogP contribution in [0.1, 0.15) is 0 Å². The highest BCUT2D eigenvalue weighted by Crippen LogP contribution is 2.25. The molecule has 3 heterocycles. The molecular formula is C10H12FN5O2S. The maximum absolute atomic E-state index is 12.8. The van der Waals surface area contributed by atoms with Gasteiger partial charge in [0.25, 0.3) is 0 Å². The molecule has 3 rings (SSSR count). The minimum Gasteiger partial charge on any atom is -0.378 e. The summed E-state index contributed by atoms with van der Waals surface area (Å²) in [5.74, 6) is 1.11. The normalized spacial score (nSPS) is 26.6. The molecule has 1 N–H and O–H groups in total. The van der Waals surface area contributed by atoms with Gasteiger partial charge in [-0.3, -0.25) is 9.80 Å². The number of amidine groups is 2. The number of halogens is 1. The Hall–Kier alpha value is -1.45. The first-order chi connectivity index (χ1) is 9.31. The summed E-state index contributed by atoms with van der Waals surface area (Å²) in [6, 6.07) is 0. The van der Waals surface area contributed by atoms with Crippen LogP contribution < -0.4 is 5.43 Å². The highest BCUT2D eigenvalue weighted by atomic mass is 32.2. The fourth-order valence-corrected chi connectivity index (χ4v) is 2.34. The van der Waals surface area contributed by atoms with E-state index in [1.807, 2.05) is 4.90 Å². The standard InChI is InChI=1S/C10H12FN5O2S/c11-19-8-5-16-10(12-7(6-17)14-16)9(13-8)15-1-3-18-4-2-15/h5-7,14H,1-4H2. The predicted octanol–water partition coefficient (Wildman–Crippen LogP) is -0.109. The molecule has 0 saturated carbocycles. The second-order valence-electron chi connectivity index (χ2n) is 4.11. The summed E-state index contributed by atoms with van der Waals surface area (Å²) >= 11 is 0.0620. The maximum Gasteiger partial charge on any atom is 0.188 e. The molecule has 0 aromatic heterocycles. The van der Waals surface area contributed by atoms with E-state index in [9.17, 15) is 8.68 Å². The number of hydrogen-bond donors (Lipinski definition) is 1. The summed E-state index contributed by atoms with van der Waals surface area (Å²) in [6.07, 6.45) is 1.52. The molecule has 0 aromatic carbocycles. The largest absolute Gasteiger partial charge is 0.378 e. The first-order valence-corrected chi connectivity index (χ1v) is 6.54. The Kier molecular flexibility index (Phi) is 3.49. The summed E-state index contributed by atoms with van der Waals surface area (Å²) in [5, 5.41) is 1.76. The van der Waals surface area contributed by atoms with Crippen molar-refractivity contribution >= 4 is 30.1 Å². The molecule has 0 aromatic rings. The van der Waals surface area contributed by atoms with Crippen LogP contribution in [0, 0.1) is 0 Å². The molecule has 0 bridgehead atoms. The van der Waals surface area contributed by atoms with Gasteiger partial charge in [-0.25, -0.2) is 9.98 Å². The summed E-state index contributed by atoms with van der Waals surface area (Å²) < 4.78 is 18.1. The average molecular weight is 285 g/mol. The van der Waals surface area contributed by atoms with Crippen molar-refractivity contribution in [2.24, 2.45) is 9.98 Å². The van der Waals surface area contributed by atoms with Crippen LogP contribution in [0.3, 0.4) is 0 Å². The van der Waals surface area contributed by atoms with Gasteiger partial charge in [-0.05, 0) is 0 Å². The van der Waals surface area contributed by atoms with Crippen LogP contribution >= 0.6 is 12.1 Å². The van der Waals surface area contributed by atoms with E-state index in [1.54, 1.807) is 5.01 Å². The van der Waals surface area contributed by atoms with Gasteiger partial charge in [0.05, 0.1) is 19.4 Å². The SMILES string of the molecule is O=CC1N=C2C(N3CCOCC3)=NC(SF)=CN2N1. The molecule has 0 spiro atoms. The van der Waals surface area contributed by atoms with Crippen molar-refractivity contribution in [3.63, 3.8) is 0 Å². The first kappa shape index (κ1) is 12.6. The molecule has 102 valence electrons. The zero-order chi connectivity index (χ0) is 13.2. The molecular weight excluding hydrogens is 273 g/mol. The minimum absolute atomic E-state index is 0.0620. The number of hydrogen-bond acceptors (Lipinski definition) is 8. The van der Waals surface area contributed by atoms with Crippen molar-refractivity contribution in [3.8, 4) is 0 Å². The van der Waals surface area contributed by atoms with Crippen LogP contribution in [-0.4, -0.2) is 60.3 Å². The van der Waals surface area contributed by atoms with Crippen molar-refractivity contribution in [2.75, 3.05) is 26.3 Å². The molecule has 0 radical (unpaired) electrons. The number of ether oxygens (including phenoxy) is 1. The Morgan fingerprint density at radius 3 is 2.95 bits per heavy atom. The number of nitrogens with zero attached hydrogens (tertiary/aromatic N) is 4. The van der Waals surface area contributed by atoms with E-state index in [1.165, 1.54) is 6.20 Å². The van der Waals surface area contributed by atoms with Gasteiger partial charge >= 0.3 is 0 Å². The smallest absolute Gasteiger partial charge is 0.188 e. The predicted molar refractivity (Wildman–Crippen MR) is 68.9 cm³/mol. The second-order valence-corrected chi connectivity index (χ2v) is 4.68. The van der Waals surface area contributed by atoms with Gasteiger partial charge in [0.2, 0.25) is 0 Å².